The van der Waals surface area contributed by atoms with E-state index in [1.54, 1.807) is 0 Å². The summed E-state index contributed by atoms with van der Waals surface area (Å²) < 4.78 is 6.66. The van der Waals surface area contributed by atoms with Gasteiger partial charge in [-0.05, 0) is 59.9 Å². The van der Waals surface area contributed by atoms with Crippen molar-refractivity contribution < 1.29 is 4.74 Å². The topological polar surface area (TPSA) is 33.0 Å². The molecule has 2 nitrogen and oxygen atoms in total. The van der Waals surface area contributed by atoms with Crippen molar-refractivity contribution in [1.29, 1.82) is 5.26 Å². The molecule has 0 saturated heterocycles. The van der Waals surface area contributed by atoms with Crippen molar-refractivity contribution in [1.82, 2.24) is 0 Å². The third-order valence-electron chi connectivity index (χ3n) is 6.52. The van der Waals surface area contributed by atoms with E-state index in [9.17, 15) is 0 Å². The van der Waals surface area contributed by atoms with Gasteiger partial charge in [0.2, 0.25) is 0 Å². The third-order valence-corrected chi connectivity index (χ3v) is 6.52. The zero-order chi connectivity index (χ0) is 20.6. The molecule has 0 amide bonds. The number of aryl methyl sites for hydroxylation is 1. The summed E-state index contributed by atoms with van der Waals surface area (Å²) in [6.45, 7) is 6.41. The normalized spacial score (nSPS) is 25.7. The lowest BCUT2D eigenvalue weighted by molar-refractivity contribution is 0.0546. The lowest BCUT2D eigenvalue weighted by Gasteiger charge is -2.41. The van der Waals surface area contributed by atoms with Crippen LogP contribution in [0.25, 0.3) is 0 Å². The number of hydrogen-bond acceptors (Lipinski definition) is 2. The van der Waals surface area contributed by atoms with Crippen molar-refractivity contribution in [3.8, 4) is 11.8 Å². The van der Waals surface area contributed by atoms with Gasteiger partial charge in [0.1, 0.15) is 11.9 Å². The molecule has 1 unspecified atom stereocenters. The third kappa shape index (κ3) is 5.21. The Hall–Kier alpha value is -2.27. The van der Waals surface area contributed by atoms with Crippen molar-refractivity contribution in [2.45, 2.75) is 71.8 Å². The van der Waals surface area contributed by atoms with Gasteiger partial charge >= 0.3 is 0 Å². The maximum atomic E-state index is 9.01. The van der Waals surface area contributed by atoms with E-state index in [1.165, 1.54) is 49.7 Å². The van der Waals surface area contributed by atoms with Crippen LogP contribution in [-0.4, -0.2) is 0 Å². The minimum absolute atomic E-state index is 0.127. The summed E-state index contributed by atoms with van der Waals surface area (Å²) in [6, 6.07) is 19.2. The first-order valence-electron chi connectivity index (χ1n) is 11.4. The molecule has 29 heavy (non-hydrogen) atoms. The molecule has 2 aromatic rings. The lowest BCUT2D eigenvalue weighted by Crippen LogP contribution is -2.33. The van der Waals surface area contributed by atoms with Crippen LogP contribution >= 0.6 is 0 Å². The van der Waals surface area contributed by atoms with Gasteiger partial charge < -0.3 is 4.74 Å². The van der Waals surface area contributed by atoms with Crippen LogP contribution in [-0.2, 0) is 12.8 Å². The van der Waals surface area contributed by atoms with E-state index < -0.39 is 0 Å². The fourth-order valence-corrected chi connectivity index (χ4v) is 5.21. The first-order valence-corrected chi connectivity index (χ1v) is 11.4. The molecule has 2 aliphatic carbocycles. The molecule has 154 valence electrons. The number of hydrogen-bond donors (Lipinski definition) is 0. The number of nitriles is 1. The minimum Gasteiger partial charge on any atom is -0.485 e. The predicted molar refractivity (Wildman–Crippen MR) is 120 cm³/mol. The average Bonchev–Trinajstić information content (AvgIpc) is 2.76. The molecule has 2 aromatic carbocycles. The van der Waals surface area contributed by atoms with Gasteiger partial charge in [0, 0.05) is 5.92 Å². The Kier molecular flexibility index (Phi) is 7.76. The van der Waals surface area contributed by atoms with Crippen LogP contribution in [0.15, 0.2) is 48.5 Å². The second kappa shape index (κ2) is 10.5. The molecule has 0 spiro atoms. The van der Waals surface area contributed by atoms with Crippen molar-refractivity contribution >= 4 is 0 Å². The van der Waals surface area contributed by atoms with Crippen molar-refractivity contribution in [3.05, 3.63) is 65.2 Å². The molecule has 4 rings (SSSR count). The smallest absolute Gasteiger partial charge is 0.127 e. The summed E-state index contributed by atoms with van der Waals surface area (Å²) in [5, 5.41) is 9.01. The molecule has 4 atom stereocenters. The predicted octanol–water partition coefficient (Wildman–Crippen LogP) is 7.29. The quantitative estimate of drug-likeness (QED) is 0.550. The van der Waals surface area contributed by atoms with Gasteiger partial charge in [-0.2, -0.15) is 5.26 Å². The number of benzene rings is 2. The van der Waals surface area contributed by atoms with Crippen LogP contribution in [0.5, 0.6) is 5.75 Å². The van der Waals surface area contributed by atoms with E-state index in [4.69, 9.17) is 10.00 Å². The highest BCUT2D eigenvalue weighted by molar-refractivity contribution is 5.35. The zero-order valence-electron chi connectivity index (χ0n) is 18.2. The number of rotatable bonds is 4. The molecule has 1 fully saturated rings. The van der Waals surface area contributed by atoms with Gasteiger partial charge in [0.25, 0.3) is 0 Å². The Bertz CT molecular complexity index is 821. The maximum absolute atomic E-state index is 9.01. The van der Waals surface area contributed by atoms with Gasteiger partial charge in [0.15, 0.2) is 0 Å². The molecule has 2 heteroatoms. The lowest BCUT2D eigenvalue weighted by atomic mass is 9.68. The van der Waals surface area contributed by atoms with Crippen LogP contribution in [0.1, 0.15) is 75.7 Å². The average molecular weight is 390 g/mol. The van der Waals surface area contributed by atoms with E-state index in [0.717, 1.165) is 23.1 Å². The molecule has 0 heterocycles. The molecule has 0 N–H and O–H groups in total. The molecular weight excluding hydrogens is 354 g/mol. The van der Waals surface area contributed by atoms with Crippen molar-refractivity contribution in [3.63, 3.8) is 0 Å². The molecular formula is C27H35NO. The first kappa shape index (κ1) is 21.4. The van der Waals surface area contributed by atoms with Crippen LogP contribution in [0.4, 0.5) is 0 Å². The Labute approximate surface area is 176 Å². The summed E-state index contributed by atoms with van der Waals surface area (Å²) in [4.78, 5) is 0. The van der Waals surface area contributed by atoms with Crippen LogP contribution in [0.3, 0.4) is 0 Å². The van der Waals surface area contributed by atoms with Crippen LogP contribution < -0.4 is 4.74 Å². The van der Waals surface area contributed by atoms with E-state index in [-0.39, 0.29) is 6.10 Å². The van der Waals surface area contributed by atoms with Gasteiger partial charge in [-0.1, -0.05) is 76.4 Å². The summed E-state index contributed by atoms with van der Waals surface area (Å²) in [5.74, 6) is 3.08. The molecule has 0 aliphatic heterocycles. The number of nitrogens with zero attached hydrogens (tertiary/aromatic N) is 1. The standard InChI is InChI=1S/C25H29NO.C2H6/c1-18-6-4-9-21(16-18)24-13-12-20-8-2-3-11-23(20)25(24)27-22-10-5-7-19(17-22)14-15-26;1-2/h2-3,5,7-8,10-11,17-18,21,24-25H,4,6,9,12-14,16H2,1H3;1-2H3/t18-,21?,24-,25+;/m1./s1. The Balaban J connectivity index is 0.00000117. The highest BCUT2D eigenvalue weighted by Gasteiger charge is 2.37. The molecule has 1 saturated carbocycles. The largest absolute Gasteiger partial charge is 0.485 e. The van der Waals surface area contributed by atoms with E-state index in [2.05, 4.69) is 37.3 Å². The van der Waals surface area contributed by atoms with Crippen LogP contribution in [0, 0.1) is 29.1 Å². The first-order chi connectivity index (χ1) is 14.2. The molecule has 2 aliphatic rings. The molecule has 0 bridgehead atoms. The Morgan fingerprint density at radius 2 is 1.86 bits per heavy atom. The monoisotopic (exact) mass is 389 g/mol. The highest BCUT2D eigenvalue weighted by atomic mass is 16.5. The minimum atomic E-state index is 0.127. The van der Waals surface area contributed by atoms with Crippen molar-refractivity contribution in [2.75, 3.05) is 0 Å². The number of fused-ring (bicyclic) bond motifs is 1. The Morgan fingerprint density at radius 1 is 1.03 bits per heavy atom. The SMILES string of the molecule is CC.C[C@@H]1CCCC([C@H]2CCc3ccccc3[C@@H]2Oc2cccc(CC#N)c2)C1. The van der Waals surface area contributed by atoms with Gasteiger partial charge in [-0.15, -0.1) is 0 Å². The van der Waals surface area contributed by atoms with Gasteiger partial charge in [0.05, 0.1) is 12.5 Å². The summed E-state index contributed by atoms with van der Waals surface area (Å²) in [7, 11) is 0. The Morgan fingerprint density at radius 3 is 2.66 bits per heavy atom. The van der Waals surface area contributed by atoms with Crippen molar-refractivity contribution in [2.24, 2.45) is 17.8 Å². The maximum Gasteiger partial charge on any atom is 0.127 e. The highest BCUT2D eigenvalue weighted by Crippen LogP contribution is 2.46. The summed E-state index contributed by atoms with van der Waals surface area (Å²) >= 11 is 0. The van der Waals surface area contributed by atoms with Gasteiger partial charge in [-0.25, -0.2) is 0 Å². The van der Waals surface area contributed by atoms with E-state index >= 15 is 0 Å². The number of ether oxygens (including phenoxy) is 1. The fourth-order valence-electron chi connectivity index (χ4n) is 5.21. The van der Waals surface area contributed by atoms with Crippen LogP contribution in [0.2, 0.25) is 0 Å². The van der Waals surface area contributed by atoms with E-state index in [1.807, 2.05) is 38.1 Å². The van der Waals surface area contributed by atoms with Gasteiger partial charge in [-0.3, -0.25) is 0 Å². The molecule has 0 aromatic heterocycles. The summed E-state index contributed by atoms with van der Waals surface area (Å²) in [6.07, 6.45) is 8.35. The van der Waals surface area contributed by atoms with E-state index in [0.29, 0.717) is 12.3 Å². The second-order valence-corrected chi connectivity index (χ2v) is 8.45. The summed E-state index contributed by atoms with van der Waals surface area (Å²) in [5.41, 5.74) is 3.84. The fraction of sp³-hybridized carbons (Fsp3) is 0.519. The second-order valence-electron chi connectivity index (χ2n) is 8.45. The zero-order valence-corrected chi connectivity index (χ0v) is 18.2. The molecule has 0 radical (unpaired) electrons.